The Kier molecular flexibility index (Phi) is 2.67. The molecule has 1 aromatic rings. The zero-order valence-electron chi connectivity index (χ0n) is 9.21. The minimum absolute atomic E-state index is 0.456. The van der Waals surface area contributed by atoms with Crippen LogP contribution in [0.25, 0.3) is 5.76 Å². The Balaban J connectivity index is 2.55. The van der Waals surface area contributed by atoms with Crippen LogP contribution in [0.15, 0.2) is 23.8 Å². The molecular formula is C13H16O2. The molecule has 0 heterocycles. The van der Waals surface area contributed by atoms with Crippen LogP contribution < -0.4 is 4.74 Å². The van der Waals surface area contributed by atoms with Gasteiger partial charge in [-0.1, -0.05) is 19.1 Å². The summed E-state index contributed by atoms with van der Waals surface area (Å²) >= 11 is 0. The molecule has 1 aliphatic carbocycles. The van der Waals surface area contributed by atoms with Gasteiger partial charge < -0.3 is 9.84 Å². The molecule has 0 saturated heterocycles. The largest absolute Gasteiger partial charge is 0.507 e. The van der Waals surface area contributed by atoms with Crippen LogP contribution in [-0.2, 0) is 6.42 Å². The molecule has 0 unspecified atom stereocenters. The summed E-state index contributed by atoms with van der Waals surface area (Å²) in [5, 5.41) is 10.1. The number of ether oxygens (including phenoxy) is 1. The van der Waals surface area contributed by atoms with Gasteiger partial charge in [-0.05, 0) is 30.9 Å². The lowest BCUT2D eigenvalue weighted by Crippen LogP contribution is -2.06. The molecule has 0 radical (unpaired) electrons. The zero-order chi connectivity index (χ0) is 10.8. The van der Waals surface area contributed by atoms with Gasteiger partial charge in [-0.2, -0.15) is 0 Å². The van der Waals surface area contributed by atoms with Crippen molar-refractivity contribution in [1.82, 2.24) is 0 Å². The number of aliphatic hydroxyl groups excluding tert-OH is 1. The first-order chi connectivity index (χ1) is 7.27. The molecule has 2 nitrogen and oxygen atoms in total. The highest BCUT2D eigenvalue weighted by atomic mass is 16.5. The van der Waals surface area contributed by atoms with Crippen molar-refractivity contribution in [2.75, 3.05) is 7.11 Å². The third-order valence-corrected chi connectivity index (χ3v) is 3.05. The van der Waals surface area contributed by atoms with Gasteiger partial charge in [-0.15, -0.1) is 0 Å². The normalized spacial score (nSPS) is 15.1. The molecule has 0 bridgehead atoms. The van der Waals surface area contributed by atoms with Gasteiger partial charge in [0.2, 0.25) is 0 Å². The van der Waals surface area contributed by atoms with Crippen molar-refractivity contribution in [1.29, 1.82) is 0 Å². The number of fused-ring (bicyclic) bond motifs is 1. The Labute approximate surface area is 90.2 Å². The monoisotopic (exact) mass is 204 g/mol. The first-order valence-electron chi connectivity index (χ1n) is 5.35. The van der Waals surface area contributed by atoms with E-state index >= 15 is 0 Å². The third kappa shape index (κ3) is 1.60. The fourth-order valence-electron chi connectivity index (χ4n) is 2.17. The van der Waals surface area contributed by atoms with Crippen LogP contribution >= 0.6 is 0 Å². The predicted molar refractivity (Wildman–Crippen MR) is 61.2 cm³/mol. The Morgan fingerprint density at radius 3 is 2.80 bits per heavy atom. The van der Waals surface area contributed by atoms with Gasteiger partial charge in [-0.25, -0.2) is 0 Å². The molecule has 0 aromatic heterocycles. The predicted octanol–water partition coefficient (Wildman–Crippen LogP) is 3.32. The van der Waals surface area contributed by atoms with E-state index in [9.17, 15) is 5.11 Å². The molecule has 0 fully saturated rings. The molecule has 1 aliphatic rings. The topological polar surface area (TPSA) is 29.5 Å². The Morgan fingerprint density at radius 1 is 1.33 bits per heavy atom. The van der Waals surface area contributed by atoms with E-state index in [1.54, 1.807) is 7.11 Å². The first-order valence-corrected chi connectivity index (χ1v) is 5.35. The number of rotatable bonds is 2. The van der Waals surface area contributed by atoms with Crippen molar-refractivity contribution >= 4 is 5.76 Å². The highest BCUT2D eigenvalue weighted by molar-refractivity contribution is 5.69. The molecule has 1 N–H and O–H groups in total. The number of hydrogen-bond donors (Lipinski definition) is 1. The van der Waals surface area contributed by atoms with E-state index in [0.29, 0.717) is 5.76 Å². The zero-order valence-corrected chi connectivity index (χ0v) is 9.21. The molecule has 0 saturated carbocycles. The molecular weight excluding hydrogens is 188 g/mol. The van der Waals surface area contributed by atoms with Crippen LogP contribution in [0.3, 0.4) is 0 Å². The minimum Gasteiger partial charge on any atom is -0.507 e. The third-order valence-electron chi connectivity index (χ3n) is 3.05. The van der Waals surface area contributed by atoms with Crippen LogP contribution in [0.4, 0.5) is 0 Å². The number of allylic oxidation sites excluding steroid dienone is 1. The average molecular weight is 204 g/mol. The lowest BCUT2D eigenvalue weighted by Gasteiger charge is -2.20. The first kappa shape index (κ1) is 10.1. The van der Waals surface area contributed by atoms with Crippen LogP contribution in [0, 0.1) is 0 Å². The standard InChI is InChI=1S/C13H16O2/c1-3-9-7-8-10-11(13(9)14)5-4-6-12(10)15-2/h4-6,14H,3,7-8H2,1-2H3. The van der Waals surface area contributed by atoms with E-state index in [0.717, 1.165) is 41.7 Å². The van der Waals surface area contributed by atoms with Crippen molar-refractivity contribution in [2.24, 2.45) is 0 Å². The quantitative estimate of drug-likeness (QED) is 0.800. The van der Waals surface area contributed by atoms with Crippen molar-refractivity contribution in [3.05, 3.63) is 34.9 Å². The number of hydrogen-bond acceptors (Lipinski definition) is 2. The molecule has 2 heteroatoms. The average Bonchev–Trinajstić information content (AvgIpc) is 2.29. The van der Waals surface area contributed by atoms with Gasteiger partial charge in [0, 0.05) is 11.1 Å². The summed E-state index contributed by atoms with van der Waals surface area (Å²) in [6.07, 6.45) is 2.82. The van der Waals surface area contributed by atoms with Crippen molar-refractivity contribution in [3.63, 3.8) is 0 Å². The van der Waals surface area contributed by atoms with Gasteiger partial charge in [0.1, 0.15) is 11.5 Å². The number of benzene rings is 1. The smallest absolute Gasteiger partial charge is 0.122 e. The Bertz CT molecular complexity index is 405. The SMILES string of the molecule is CCC1=C(O)c2cccc(OC)c2CC1. The molecule has 0 spiro atoms. The van der Waals surface area contributed by atoms with E-state index < -0.39 is 0 Å². The lowest BCUT2D eigenvalue weighted by molar-refractivity contribution is 0.407. The fraction of sp³-hybridized carbons (Fsp3) is 0.385. The summed E-state index contributed by atoms with van der Waals surface area (Å²) in [4.78, 5) is 0. The molecule has 2 rings (SSSR count). The minimum atomic E-state index is 0.456. The summed E-state index contributed by atoms with van der Waals surface area (Å²) in [5.41, 5.74) is 3.22. The summed E-state index contributed by atoms with van der Waals surface area (Å²) in [6.45, 7) is 2.08. The Morgan fingerprint density at radius 2 is 2.13 bits per heavy atom. The van der Waals surface area contributed by atoms with Crippen LogP contribution in [-0.4, -0.2) is 12.2 Å². The number of methoxy groups -OCH3 is 1. The molecule has 1 aromatic carbocycles. The maximum Gasteiger partial charge on any atom is 0.122 e. The summed E-state index contributed by atoms with van der Waals surface area (Å²) in [5.74, 6) is 1.34. The van der Waals surface area contributed by atoms with E-state index in [1.165, 1.54) is 0 Å². The van der Waals surface area contributed by atoms with Gasteiger partial charge >= 0.3 is 0 Å². The van der Waals surface area contributed by atoms with Crippen LogP contribution in [0.2, 0.25) is 0 Å². The van der Waals surface area contributed by atoms with Crippen LogP contribution in [0.5, 0.6) is 5.75 Å². The van der Waals surface area contributed by atoms with Crippen molar-refractivity contribution in [3.8, 4) is 5.75 Å². The van der Waals surface area contributed by atoms with E-state index in [-0.39, 0.29) is 0 Å². The van der Waals surface area contributed by atoms with Gasteiger partial charge in [0.05, 0.1) is 7.11 Å². The van der Waals surface area contributed by atoms with Gasteiger partial charge in [0.25, 0.3) is 0 Å². The summed E-state index contributed by atoms with van der Waals surface area (Å²) < 4.78 is 5.30. The van der Waals surface area contributed by atoms with E-state index in [2.05, 4.69) is 6.92 Å². The van der Waals surface area contributed by atoms with Gasteiger partial charge in [0.15, 0.2) is 0 Å². The Hall–Kier alpha value is -1.44. The van der Waals surface area contributed by atoms with E-state index in [1.807, 2.05) is 18.2 Å². The van der Waals surface area contributed by atoms with E-state index in [4.69, 9.17) is 4.74 Å². The van der Waals surface area contributed by atoms with Crippen molar-refractivity contribution in [2.45, 2.75) is 26.2 Å². The highest BCUT2D eigenvalue weighted by Crippen LogP contribution is 2.35. The molecule has 80 valence electrons. The molecule has 0 atom stereocenters. The van der Waals surface area contributed by atoms with Crippen molar-refractivity contribution < 1.29 is 9.84 Å². The second kappa shape index (κ2) is 3.97. The maximum atomic E-state index is 10.1. The molecule has 0 aliphatic heterocycles. The molecule has 0 amide bonds. The lowest BCUT2D eigenvalue weighted by atomic mass is 9.89. The second-order valence-electron chi connectivity index (χ2n) is 3.79. The second-order valence-corrected chi connectivity index (χ2v) is 3.79. The van der Waals surface area contributed by atoms with Crippen LogP contribution in [0.1, 0.15) is 30.9 Å². The van der Waals surface area contributed by atoms with Gasteiger partial charge in [-0.3, -0.25) is 0 Å². The summed E-state index contributed by atoms with van der Waals surface area (Å²) in [6, 6.07) is 5.83. The molecule has 15 heavy (non-hydrogen) atoms. The summed E-state index contributed by atoms with van der Waals surface area (Å²) in [7, 11) is 1.67. The number of aliphatic hydroxyl groups is 1. The highest BCUT2D eigenvalue weighted by Gasteiger charge is 2.19. The fourth-order valence-corrected chi connectivity index (χ4v) is 2.17. The maximum absolute atomic E-state index is 10.1.